The van der Waals surface area contributed by atoms with Gasteiger partial charge in [-0.1, -0.05) is 41.9 Å². The summed E-state index contributed by atoms with van der Waals surface area (Å²) in [6.07, 6.45) is 3.33. The number of aromatic nitrogens is 5. The molecule has 1 aliphatic rings. The van der Waals surface area contributed by atoms with E-state index in [0.29, 0.717) is 55.0 Å². The molecule has 1 atom stereocenters. The second-order valence-electron chi connectivity index (χ2n) is 7.51. The summed E-state index contributed by atoms with van der Waals surface area (Å²) in [6, 6.07) is 15.1. The molecule has 31 heavy (non-hydrogen) atoms. The smallest absolute Gasteiger partial charge is 0.258 e. The summed E-state index contributed by atoms with van der Waals surface area (Å²) in [5.41, 5.74) is 2.28. The molecular formula is C22H21ClN6O2. The second kappa shape index (κ2) is 8.58. The quantitative estimate of drug-likeness (QED) is 0.478. The fraction of sp³-hybridized carbons (Fsp3) is 0.273. The van der Waals surface area contributed by atoms with Crippen molar-refractivity contribution in [2.24, 2.45) is 0 Å². The maximum atomic E-state index is 12.5. The Bertz CT molecular complexity index is 1260. The van der Waals surface area contributed by atoms with E-state index in [1.165, 1.54) is 4.40 Å². The molecule has 0 spiro atoms. The first-order chi connectivity index (χ1) is 15.2. The van der Waals surface area contributed by atoms with Gasteiger partial charge < -0.3 is 4.74 Å². The first-order valence-electron chi connectivity index (χ1n) is 10.1. The molecule has 158 valence electrons. The van der Waals surface area contributed by atoms with Gasteiger partial charge in [0.1, 0.15) is 12.0 Å². The molecule has 3 aromatic heterocycles. The zero-order chi connectivity index (χ0) is 21.2. The third kappa shape index (κ3) is 4.36. The van der Waals surface area contributed by atoms with Crippen LogP contribution in [-0.2, 0) is 17.8 Å². The highest BCUT2D eigenvalue weighted by atomic mass is 35.5. The standard InChI is InChI=1S/C22H21ClN6O2/c23-17-6-7-20-25-18(10-21(30)29(20)12-17)13-27-8-9-31-14-19(27)22-24-15-28(26-22)11-16-4-2-1-3-5-16/h1-7,10,12,15,19H,8-9,11,13-14H2. The van der Waals surface area contributed by atoms with Crippen LogP contribution in [-0.4, -0.2) is 48.8 Å². The van der Waals surface area contributed by atoms with E-state index in [2.05, 4.69) is 32.1 Å². The van der Waals surface area contributed by atoms with E-state index in [-0.39, 0.29) is 11.6 Å². The molecule has 5 rings (SSSR count). The number of pyridine rings is 1. The monoisotopic (exact) mass is 436 g/mol. The van der Waals surface area contributed by atoms with Crippen LogP contribution in [0.5, 0.6) is 0 Å². The molecule has 4 heterocycles. The molecule has 0 aliphatic carbocycles. The minimum absolute atomic E-state index is 0.101. The molecule has 8 nitrogen and oxygen atoms in total. The van der Waals surface area contributed by atoms with Gasteiger partial charge in [-0.05, 0) is 17.7 Å². The van der Waals surface area contributed by atoms with E-state index in [1.807, 2.05) is 22.9 Å². The Labute approximate surface area is 183 Å². The average molecular weight is 437 g/mol. The SMILES string of the molecule is O=c1cc(CN2CCOCC2c2ncn(Cc3ccccc3)n2)nc2ccc(Cl)cn12. The first kappa shape index (κ1) is 19.9. The first-order valence-corrected chi connectivity index (χ1v) is 10.5. The van der Waals surface area contributed by atoms with E-state index in [1.54, 1.807) is 30.7 Å². The molecule has 4 aromatic rings. The summed E-state index contributed by atoms with van der Waals surface area (Å²) >= 11 is 6.00. The number of benzene rings is 1. The lowest BCUT2D eigenvalue weighted by Crippen LogP contribution is -2.40. The lowest BCUT2D eigenvalue weighted by Gasteiger charge is -2.33. The topological polar surface area (TPSA) is 77.6 Å². The van der Waals surface area contributed by atoms with Crippen LogP contribution >= 0.6 is 11.6 Å². The van der Waals surface area contributed by atoms with Crippen LogP contribution in [0.4, 0.5) is 0 Å². The van der Waals surface area contributed by atoms with Gasteiger partial charge in [-0.15, -0.1) is 0 Å². The summed E-state index contributed by atoms with van der Waals surface area (Å²) in [7, 11) is 0. The van der Waals surface area contributed by atoms with Gasteiger partial charge in [-0.25, -0.2) is 14.6 Å². The van der Waals surface area contributed by atoms with Crippen LogP contribution in [0, 0.1) is 0 Å². The Morgan fingerprint density at radius 3 is 2.87 bits per heavy atom. The Hall–Kier alpha value is -3.07. The summed E-state index contributed by atoms with van der Waals surface area (Å²) < 4.78 is 9.00. The fourth-order valence-electron chi connectivity index (χ4n) is 3.79. The molecule has 1 fully saturated rings. The summed E-state index contributed by atoms with van der Waals surface area (Å²) in [5, 5.41) is 5.18. The summed E-state index contributed by atoms with van der Waals surface area (Å²) in [5.74, 6) is 0.708. The van der Waals surface area contributed by atoms with E-state index >= 15 is 0 Å². The Morgan fingerprint density at radius 1 is 1.13 bits per heavy atom. The van der Waals surface area contributed by atoms with Gasteiger partial charge in [-0.2, -0.15) is 5.10 Å². The van der Waals surface area contributed by atoms with Gasteiger partial charge in [-0.3, -0.25) is 14.1 Å². The molecule has 0 saturated carbocycles. The number of fused-ring (bicyclic) bond motifs is 1. The number of morpholine rings is 1. The molecule has 9 heteroatoms. The molecule has 0 amide bonds. The largest absolute Gasteiger partial charge is 0.378 e. The third-order valence-electron chi connectivity index (χ3n) is 5.32. The van der Waals surface area contributed by atoms with Crippen LogP contribution in [0.2, 0.25) is 5.02 Å². The van der Waals surface area contributed by atoms with Crippen LogP contribution in [0.3, 0.4) is 0 Å². The Morgan fingerprint density at radius 2 is 2.00 bits per heavy atom. The number of hydrogen-bond donors (Lipinski definition) is 0. The molecule has 1 aromatic carbocycles. The van der Waals surface area contributed by atoms with Crippen molar-refractivity contribution in [1.29, 1.82) is 0 Å². The van der Waals surface area contributed by atoms with Crippen LogP contribution in [0.15, 0.2) is 65.8 Å². The zero-order valence-electron chi connectivity index (χ0n) is 16.8. The molecule has 0 bridgehead atoms. The molecule has 1 saturated heterocycles. The summed E-state index contributed by atoms with van der Waals surface area (Å²) in [6.45, 7) is 2.99. The molecule has 1 aliphatic heterocycles. The molecule has 1 unspecified atom stereocenters. The van der Waals surface area contributed by atoms with Gasteiger partial charge in [0.05, 0.1) is 36.5 Å². The zero-order valence-corrected chi connectivity index (χ0v) is 17.5. The van der Waals surface area contributed by atoms with Gasteiger partial charge in [0.15, 0.2) is 5.82 Å². The Balaban J connectivity index is 1.37. The molecule has 0 radical (unpaired) electrons. The van der Waals surface area contributed by atoms with Gasteiger partial charge in [0.2, 0.25) is 0 Å². The second-order valence-corrected chi connectivity index (χ2v) is 7.94. The third-order valence-corrected chi connectivity index (χ3v) is 5.54. The highest BCUT2D eigenvalue weighted by molar-refractivity contribution is 6.30. The van der Waals surface area contributed by atoms with Crippen molar-refractivity contribution in [3.63, 3.8) is 0 Å². The number of rotatable bonds is 5. The van der Waals surface area contributed by atoms with E-state index in [0.717, 1.165) is 5.56 Å². The normalized spacial score (nSPS) is 17.3. The summed E-state index contributed by atoms with van der Waals surface area (Å²) in [4.78, 5) is 23.9. The van der Waals surface area contributed by atoms with E-state index in [9.17, 15) is 4.79 Å². The van der Waals surface area contributed by atoms with E-state index in [4.69, 9.17) is 16.3 Å². The van der Waals surface area contributed by atoms with Crippen LogP contribution in [0.1, 0.15) is 23.1 Å². The molecule has 0 N–H and O–H groups in total. The van der Waals surface area contributed by atoms with Crippen molar-refractivity contribution in [3.8, 4) is 0 Å². The van der Waals surface area contributed by atoms with E-state index < -0.39 is 0 Å². The number of ether oxygens (including phenoxy) is 1. The van der Waals surface area contributed by atoms with Gasteiger partial charge in [0.25, 0.3) is 5.56 Å². The fourth-order valence-corrected chi connectivity index (χ4v) is 3.95. The molecular weight excluding hydrogens is 416 g/mol. The van der Waals surface area contributed by atoms with Crippen molar-refractivity contribution in [2.75, 3.05) is 19.8 Å². The highest BCUT2D eigenvalue weighted by Crippen LogP contribution is 2.23. The van der Waals surface area contributed by atoms with Crippen molar-refractivity contribution >= 4 is 17.2 Å². The number of nitrogens with zero attached hydrogens (tertiary/aromatic N) is 6. The Kier molecular flexibility index (Phi) is 5.50. The predicted octanol–water partition coefficient (Wildman–Crippen LogP) is 2.56. The number of hydrogen-bond acceptors (Lipinski definition) is 6. The lowest BCUT2D eigenvalue weighted by atomic mass is 10.2. The highest BCUT2D eigenvalue weighted by Gasteiger charge is 2.28. The minimum Gasteiger partial charge on any atom is -0.378 e. The van der Waals surface area contributed by atoms with Crippen molar-refractivity contribution in [3.05, 3.63) is 93.5 Å². The number of halogens is 1. The maximum Gasteiger partial charge on any atom is 0.258 e. The van der Waals surface area contributed by atoms with Crippen LogP contribution < -0.4 is 5.56 Å². The van der Waals surface area contributed by atoms with Gasteiger partial charge >= 0.3 is 0 Å². The minimum atomic E-state index is -0.155. The van der Waals surface area contributed by atoms with Crippen LogP contribution in [0.25, 0.3) is 5.65 Å². The average Bonchev–Trinajstić information content (AvgIpc) is 3.24. The predicted molar refractivity (Wildman–Crippen MR) is 116 cm³/mol. The lowest BCUT2D eigenvalue weighted by molar-refractivity contribution is -0.0164. The van der Waals surface area contributed by atoms with Crippen molar-refractivity contribution < 1.29 is 4.74 Å². The maximum absolute atomic E-state index is 12.5. The van der Waals surface area contributed by atoms with Crippen molar-refractivity contribution in [1.82, 2.24) is 29.0 Å². The van der Waals surface area contributed by atoms with Crippen molar-refractivity contribution in [2.45, 2.75) is 19.1 Å². The van der Waals surface area contributed by atoms with Gasteiger partial charge in [0, 0.05) is 25.4 Å².